The summed E-state index contributed by atoms with van der Waals surface area (Å²) in [7, 11) is -3.88. The lowest BCUT2D eigenvalue weighted by Crippen LogP contribution is -2.43. The van der Waals surface area contributed by atoms with Gasteiger partial charge in [-0.2, -0.15) is 0 Å². The van der Waals surface area contributed by atoms with Crippen LogP contribution in [0.2, 0.25) is 10.0 Å². The summed E-state index contributed by atoms with van der Waals surface area (Å²) >= 11 is 11.5. The molecule has 0 aliphatic heterocycles. The summed E-state index contributed by atoms with van der Waals surface area (Å²) in [5, 5.41) is 0.963. The molecule has 0 heterocycles. The van der Waals surface area contributed by atoms with Crippen LogP contribution >= 0.6 is 23.2 Å². The highest BCUT2D eigenvalue weighted by Crippen LogP contribution is 2.21. The summed E-state index contributed by atoms with van der Waals surface area (Å²) < 4.78 is 29.3. The lowest BCUT2D eigenvalue weighted by molar-refractivity contribution is -0.123. The predicted molar refractivity (Wildman–Crippen MR) is 91.6 cm³/mol. The van der Waals surface area contributed by atoms with Crippen molar-refractivity contribution in [1.82, 2.24) is 10.3 Å². The van der Waals surface area contributed by atoms with Crippen molar-refractivity contribution < 1.29 is 17.9 Å². The molecule has 0 radical (unpaired) electrons. The number of rotatable bonds is 6. The topological polar surface area (TPSA) is 84.5 Å². The Kier molecular flexibility index (Phi) is 6.06. The monoisotopic (exact) mass is 388 g/mol. The van der Waals surface area contributed by atoms with E-state index in [4.69, 9.17) is 27.9 Å². The normalized spacial score (nSPS) is 11.1. The van der Waals surface area contributed by atoms with Crippen LogP contribution in [0.5, 0.6) is 5.75 Å². The number of aryl methyl sites for hydroxylation is 1. The summed E-state index contributed by atoms with van der Waals surface area (Å²) in [4.78, 5) is 13.7. The Bertz CT molecular complexity index is 839. The van der Waals surface area contributed by atoms with Gasteiger partial charge in [0.2, 0.25) is 0 Å². The molecule has 1 amide bonds. The quantitative estimate of drug-likeness (QED) is 0.744. The van der Waals surface area contributed by atoms with Crippen molar-refractivity contribution in [3.8, 4) is 5.75 Å². The van der Waals surface area contributed by atoms with Crippen molar-refractivity contribution >= 4 is 39.1 Å². The molecule has 0 unspecified atom stereocenters. The Morgan fingerprint density at radius 1 is 1.08 bits per heavy atom. The Morgan fingerprint density at radius 3 is 2.33 bits per heavy atom. The van der Waals surface area contributed by atoms with Gasteiger partial charge in [0, 0.05) is 10.0 Å². The molecule has 6 nitrogen and oxygen atoms in total. The highest BCUT2D eigenvalue weighted by Gasteiger charge is 2.15. The Balaban J connectivity index is 1.89. The number of sulfonamides is 1. The number of hydrogen-bond donors (Lipinski definition) is 2. The molecule has 0 bridgehead atoms. The molecule has 0 atom stereocenters. The van der Waals surface area contributed by atoms with Gasteiger partial charge >= 0.3 is 0 Å². The first-order chi connectivity index (χ1) is 11.3. The van der Waals surface area contributed by atoms with E-state index in [0.29, 0.717) is 15.8 Å². The molecule has 2 rings (SSSR count). The third kappa shape index (κ3) is 5.10. The number of hydrogen-bond acceptors (Lipinski definition) is 4. The van der Waals surface area contributed by atoms with Gasteiger partial charge in [0.05, 0.1) is 4.90 Å². The highest BCUT2D eigenvalue weighted by atomic mass is 35.5. The average Bonchev–Trinajstić information content (AvgIpc) is 2.52. The van der Waals surface area contributed by atoms with Crippen LogP contribution in [-0.2, 0) is 14.8 Å². The van der Waals surface area contributed by atoms with Crippen molar-refractivity contribution in [2.75, 3.05) is 6.61 Å². The molecule has 0 fully saturated rings. The van der Waals surface area contributed by atoms with Crippen LogP contribution in [0.4, 0.5) is 0 Å². The van der Waals surface area contributed by atoms with Crippen molar-refractivity contribution in [3.05, 3.63) is 58.1 Å². The zero-order chi connectivity index (χ0) is 17.7. The second-order valence-electron chi connectivity index (χ2n) is 4.81. The van der Waals surface area contributed by atoms with Crippen molar-refractivity contribution in [3.63, 3.8) is 0 Å². The lowest BCUT2D eigenvalue weighted by Gasteiger charge is -2.11. The van der Waals surface area contributed by atoms with E-state index in [1.807, 2.05) is 4.83 Å². The minimum absolute atomic E-state index is 0.0262. The van der Waals surface area contributed by atoms with Gasteiger partial charge in [0.1, 0.15) is 5.75 Å². The van der Waals surface area contributed by atoms with E-state index in [2.05, 4.69) is 5.43 Å². The van der Waals surface area contributed by atoms with Crippen LogP contribution in [0.3, 0.4) is 0 Å². The third-order valence-corrected chi connectivity index (χ3v) is 4.70. The molecule has 0 aromatic heterocycles. The van der Waals surface area contributed by atoms with Crippen LogP contribution in [0, 0.1) is 6.92 Å². The number of ether oxygens (including phenoxy) is 1. The molecule has 2 aromatic rings. The largest absolute Gasteiger partial charge is 0.483 e. The maximum Gasteiger partial charge on any atom is 0.272 e. The van der Waals surface area contributed by atoms with E-state index in [-0.39, 0.29) is 11.5 Å². The number of halogens is 2. The Labute approximate surface area is 149 Å². The van der Waals surface area contributed by atoms with Crippen molar-refractivity contribution in [2.24, 2.45) is 0 Å². The molecule has 0 spiro atoms. The fraction of sp³-hybridized carbons (Fsp3) is 0.133. The van der Waals surface area contributed by atoms with Gasteiger partial charge in [-0.1, -0.05) is 23.2 Å². The molecule has 0 aliphatic rings. The van der Waals surface area contributed by atoms with E-state index < -0.39 is 15.9 Å². The van der Waals surface area contributed by atoms with Crippen LogP contribution in [0.25, 0.3) is 0 Å². The second-order valence-corrected chi connectivity index (χ2v) is 7.36. The summed E-state index contributed by atoms with van der Waals surface area (Å²) in [5.41, 5.74) is 2.84. The van der Waals surface area contributed by atoms with Gasteiger partial charge < -0.3 is 4.74 Å². The Morgan fingerprint density at radius 2 is 1.71 bits per heavy atom. The Hall–Kier alpha value is -1.80. The molecule has 2 aromatic carbocycles. The van der Waals surface area contributed by atoms with Crippen LogP contribution in [-0.4, -0.2) is 20.9 Å². The zero-order valence-electron chi connectivity index (χ0n) is 12.5. The minimum atomic E-state index is -3.88. The van der Waals surface area contributed by atoms with Crippen molar-refractivity contribution in [1.29, 1.82) is 0 Å². The van der Waals surface area contributed by atoms with Gasteiger partial charge in [-0.25, -0.2) is 8.42 Å². The van der Waals surface area contributed by atoms with E-state index in [9.17, 15) is 13.2 Å². The number of nitrogens with one attached hydrogen (secondary N) is 2. The summed E-state index contributed by atoms with van der Waals surface area (Å²) in [6.45, 7) is 1.42. The van der Waals surface area contributed by atoms with E-state index in [0.717, 1.165) is 5.56 Å². The van der Waals surface area contributed by atoms with Gasteiger partial charge in [-0.3, -0.25) is 10.2 Å². The average molecular weight is 389 g/mol. The summed E-state index contributed by atoms with van der Waals surface area (Å²) in [5.74, 6) is -0.169. The summed E-state index contributed by atoms with van der Waals surface area (Å²) in [6, 6.07) is 10.5. The molecule has 0 saturated heterocycles. The molecule has 2 N–H and O–H groups in total. The van der Waals surface area contributed by atoms with Gasteiger partial charge in [0.25, 0.3) is 15.9 Å². The number of benzene rings is 2. The second kappa shape index (κ2) is 7.85. The molecule has 9 heteroatoms. The first kappa shape index (κ1) is 18.5. The maximum absolute atomic E-state index is 12.0. The number of carbonyl (C=O) groups is 1. The smallest absolute Gasteiger partial charge is 0.272 e. The van der Waals surface area contributed by atoms with E-state index >= 15 is 0 Å². The molecule has 24 heavy (non-hydrogen) atoms. The number of amides is 1. The number of hydrazine groups is 1. The van der Waals surface area contributed by atoms with Crippen LogP contribution < -0.4 is 15.0 Å². The SMILES string of the molecule is Cc1cc(Cl)ccc1OCC(=O)NNS(=O)(=O)c1ccc(Cl)cc1. The zero-order valence-corrected chi connectivity index (χ0v) is 14.9. The first-order valence-electron chi connectivity index (χ1n) is 6.73. The minimum Gasteiger partial charge on any atom is -0.483 e. The maximum atomic E-state index is 12.0. The summed E-state index contributed by atoms with van der Waals surface area (Å²) in [6.07, 6.45) is 0. The molecule has 0 aliphatic carbocycles. The van der Waals surface area contributed by atoms with Crippen LogP contribution in [0.1, 0.15) is 5.56 Å². The van der Waals surface area contributed by atoms with E-state index in [1.54, 1.807) is 25.1 Å². The fourth-order valence-electron chi connectivity index (χ4n) is 1.75. The van der Waals surface area contributed by atoms with Gasteiger partial charge in [0.15, 0.2) is 6.61 Å². The predicted octanol–water partition coefficient (Wildman–Crippen LogP) is 2.69. The third-order valence-electron chi connectivity index (χ3n) is 2.94. The standard InChI is InChI=1S/C15H14Cl2N2O4S/c1-10-8-12(17)4-7-14(10)23-9-15(20)18-19-24(21,22)13-5-2-11(16)3-6-13/h2-8,19H,9H2,1H3,(H,18,20). The molecule has 0 saturated carbocycles. The highest BCUT2D eigenvalue weighted by molar-refractivity contribution is 7.89. The van der Waals surface area contributed by atoms with Crippen molar-refractivity contribution in [2.45, 2.75) is 11.8 Å². The fourth-order valence-corrected chi connectivity index (χ4v) is 2.96. The number of carbonyl (C=O) groups excluding carboxylic acids is 1. The lowest BCUT2D eigenvalue weighted by atomic mass is 10.2. The van der Waals surface area contributed by atoms with Gasteiger partial charge in [-0.05, 0) is 55.0 Å². The van der Waals surface area contributed by atoms with Crippen LogP contribution in [0.15, 0.2) is 47.4 Å². The first-order valence-corrected chi connectivity index (χ1v) is 8.97. The molecule has 128 valence electrons. The van der Waals surface area contributed by atoms with Gasteiger partial charge in [-0.15, -0.1) is 4.83 Å². The molecular formula is C15H14Cl2N2O4S. The van der Waals surface area contributed by atoms with E-state index in [1.165, 1.54) is 24.3 Å². The molecular weight excluding hydrogens is 375 g/mol.